The van der Waals surface area contributed by atoms with E-state index in [1.165, 1.54) is 11.2 Å². The average Bonchev–Trinajstić information content (AvgIpc) is 2.83. The zero-order valence-electron chi connectivity index (χ0n) is 10.1. The normalized spacial score (nSPS) is 9.74. The summed E-state index contributed by atoms with van der Waals surface area (Å²) in [5.74, 6) is 1.40. The Hall–Kier alpha value is -2.33. The van der Waals surface area contributed by atoms with Gasteiger partial charge in [-0.1, -0.05) is 6.07 Å². The van der Waals surface area contributed by atoms with E-state index in [2.05, 4.69) is 17.9 Å². The molecule has 0 unspecified atom stereocenters. The molecule has 6 nitrogen and oxygen atoms in total. The van der Waals surface area contributed by atoms with Gasteiger partial charge in [0.15, 0.2) is 5.75 Å². The lowest BCUT2D eigenvalue weighted by atomic mass is 10.2. The van der Waals surface area contributed by atoms with Gasteiger partial charge in [-0.15, -0.1) is 10.4 Å². The van der Waals surface area contributed by atoms with E-state index in [0.717, 1.165) is 0 Å². The van der Waals surface area contributed by atoms with E-state index in [-0.39, 0.29) is 6.61 Å². The lowest BCUT2D eigenvalue weighted by Crippen LogP contribution is -2.02. The zero-order valence-corrected chi connectivity index (χ0v) is 11.0. The molecule has 0 N–H and O–H groups in total. The van der Waals surface area contributed by atoms with Gasteiger partial charge in [0.1, 0.15) is 12.4 Å². The molecule has 0 fully saturated rings. The van der Waals surface area contributed by atoms with Crippen molar-refractivity contribution in [3.63, 3.8) is 0 Å². The third kappa shape index (κ3) is 3.11. The highest BCUT2D eigenvalue weighted by molar-refractivity contribution is 7.78. The second-order valence-corrected chi connectivity index (χ2v) is 3.90. The van der Waals surface area contributed by atoms with E-state index in [4.69, 9.17) is 19.5 Å². The number of aromatic nitrogens is 2. The highest BCUT2D eigenvalue weighted by atomic mass is 32.1. The molecule has 2 rings (SSSR count). The van der Waals surface area contributed by atoms with E-state index in [1.807, 2.05) is 0 Å². The van der Waals surface area contributed by atoms with Crippen LogP contribution in [-0.2, 0) is 6.61 Å². The predicted octanol–water partition coefficient (Wildman–Crippen LogP) is 2.02. The van der Waals surface area contributed by atoms with Crippen molar-refractivity contribution in [2.24, 2.45) is 0 Å². The molecule has 98 valence electrons. The van der Waals surface area contributed by atoms with Crippen LogP contribution in [0.2, 0.25) is 0 Å². The summed E-state index contributed by atoms with van der Waals surface area (Å²) >= 11 is 4.01. The van der Waals surface area contributed by atoms with Crippen molar-refractivity contribution in [2.45, 2.75) is 6.61 Å². The Balaban J connectivity index is 2.20. The van der Waals surface area contributed by atoms with Gasteiger partial charge in [0, 0.05) is 12.3 Å². The van der Waals surface area contributed by atoms with Crippen molar-refractivity contribution in [1.82, 2.24) is 9.19 Å². The van der Waals surface area contributed by atoms with Gasteiger partial charge in [-0.3, -0.25) is 0 Å². The monoisotopic (exact) mass is 277 g/mol. The summed E-state index contributed by atoms with van der Waals surface area (Å²) in [6.07, 6.45) is 3.28. The highest BCUT2D eigenvalue weighted by Crippen LogP contribution is 2.29. The molecule has 0 saturated heterocycles. The Morgan fingerprint density at radius 3 is 2.79 bits per heavy atom. The maximum Gasteiger partial charge on any atom is 0.292 e. The number of hydrogen-bond acceptors (Lipinski definition) is 6. The maximum absolute atomic E-state index is 8.62. The molecule has 0 amide bonds. The van der Waals surface area contributed by atoms with Gasteiger partial charge in [-0.05, 0) is 24.9 Å². The first-order chi connectivity index (χ1) is 9.24. The molecule has 0 aliphatic carbocycles. The van der Waals surface area contributed by atoms with E-state index >= 15 is 0 Å². The third-order valence-corrected chi connectivity index (χ3v) is 2.60. The van der Waals surface area contributed by atoms with Crippen LogP contribution in [0.1, 0.15) is 5.56 Å². The first kappa shape index (κ1) is 13.1. The standard InChI is InChI=1S/C12H11N3O3S/c1-16-10-3-2-4-11(18-8-13)9(10)7-17-12-5-6-15(19)14-12/h2-6,19H,7H2,1H3. The first-order valence-electron chi connectivity index (χ1n) is 5.34. The average molecular weight is 277 g/mol. The zero-order chi connectivity index (χ0) is 13.7. The Morgan fingerprint density at radius 2 is 2.16 bits per heavy atom. The summed E-state index contributed by atoms with van der Waals surface area (Å²) in [7, 11) is 1.54. The summed E-state index contributed by atoms with van der Waals surface area (Å²) in [4.78, 5) is 0. The first-order valence-corrected chi connectivity index (χ1v) is 5.74. The predicted molar refractivity (Wildman–Crippen MR) is 70.2 cm³/mol. The van der Waals surface area contributed by atoms with Crippen LogP contribution in [0.4, 0.5) is 0 Å². The smallest absolute Gasteiger partial charge is 0.292 e. The molecule has 0 spiro atoms. The lowest BCUT2D eigenvalue weighted by Gasteiger charge is -2.11. The molecule has 0 aliphatic rings. The molecule has 0 radical (unpaired) electrons. The highest BCUT2D eigenvalue weighted by Gasteiger charge is 2.12. The molecule has 0 bridgehead atoms. The van der Waals surface area contributed by atoms with Crippen molar-refractivity contribution in [1.29, 1.82) is 5.26 Å². The van der Waals surface area contributed by atoms with Crippen LogP contribution in [-0.4, -0.2) is 16.3 Å². The molecule has 7 heteroatoms. The number of methoxy groups -OCH3 is 1. The fourth-order valence-corrected chi connectivity index (χ4v) is 1.70. The topological polar surface area (TPSA) is 69.3 Å². The van der Waals surface area contributed by atoms with E-state index in [0.29, 0.717) is 22.9 Å². The van der Waals surface area contributed by atoms with E-state index in [1.54, 1.807) is 36.7 Å². The minimum absolute atomic E-state index is 0.172. The van der Waals surface area contributed by atoms with E-state index in [9.17, 15) is 0 Å². The van der Waals surface area contributed by atoms with Crippen molar-refractivity contribution >= 4 is 12.8 Å². The van der Waals surface area contributed by atoms with Gasteiger partial charge in [0.2, 0.25) is 5.88 Å². The van der Waals surface area contributed by atoms with Crippen molar-refractivity contribution < 1.29 is 14.2 Å². The Labute approximate surface area is 115 Å². The molecular weight excluding hydrogens is 266 g/mol. The summed E-state index contributed by atoms with van der Waals surface area (Å²) in [6.45, 7) is 0.172. The fraction of sp³-hybridized carbons (Fsp3) is 0.167. The van der Waals surface area contributed by atoms with Gasteiger partial charge in [0.05, 0.1) is 12.7 Å². The minimum atomic E-state index is 0.172. The second-order valence-electron chi connectivity index (χ2n) is 3.49. The van der Waals surface area contributed by atoms with Crippen LogP contribution in [0.3, 0.4) is 0 Å². The van der Waals surface area contributed by atoms with Crippen LogP contribution < -0.4 is 14.2 Å². The third-order valence-electron chi connectivity index (χ3n) is 2.38. The second kappa shape index (κ2) is 6.02. The molecule has 1 aromatic carbocycles. The van der Waals surface area contributed by atoms with Crippen molar-refractivity contribution in [3.05, 3.63) is 36.0 Å². The van der Waals surface area contributed by atoms with Crippen LogP contribution in [0.25, 0.3) is 0 Å². The molecule has 1 aromatic heterocycles. The summed E-state index contributed by atoms with van der Waals surface area (Å²) in [5, 5.41) is 12.6. The minimum Gasteiger partial charge on any atom is -0.496 e. The SMILES string of the molecule is COc1cccc(OC#N)c1COc1ccn(S)n1. The number of rotatable bonds is 5. The molecule has 1 heterocycles. The molecule has 0 saturated carbocycles. The van der Waals surface area contributed by atoms with E-state index < -0.39 is 0 Å². The Morgan fingerprint density at radius 1 is 1.37 bits per heavy atom. The number of hydrogen-bond donors (Lipinski definition) is 1. The van der Waals surface area contributed by atoms with Gasteiger partial charge in [-0.2, -0.15) is 0 Å². The van der Waals surface area contributed by atoms with Crippen LogP contribution >= 0.6 is 12.8 Å². The molecule has 0 aliphatic heterocycles. The van der Waals surface area contributed by atoms with Crippen LogP contribution in [0.15, 0.2) is 30.5 Å². The summed E-state index contributed by atoms with van der Waals surface area (Å²) in [6, 6.07) is 6.84. The summed E-state index contributed by atoms with van der Waals surface area (Å²) < 4.78 is 16.9. The van der Waals surface area contributed by atoms with Crippen molar-refractivity contribution in [3.8, 4) is 23.6 Å². The van der Waals surface area contributed by atoms with Crippen LogP contribution in [0, 0.1) is 11.5 Å². The largest absolute Gasteiger partial charge is 0.496 e. The fourth-order valence-electron chi connectivity index (χ4n) is 1.54. The molecule has 2 aromatic rings. The number of ether oxygens (including phenoxy) is 3. The van der Waals surface area contributed by atoms with Crippen molar-refractivity contribution in [2.75, 3.05) is 7.11 Å². The maximum atomic E-state index is 8.62. The molecule has 0 atom stereocenters. The Kier molecular flexibility index (Phi) is 4.15. The summed E-state index contributed by atoms with van der Waals surface area (Å²) in [5.41, 5.74) is 0.639. The Bertz CT molecular complexity index is 607. The van der Waals surface area contributed by atoms with Gasteiger partial charge in [-0.25, -0.2) is 4.09 Å². The van der Waals surface area contributed by atoms with Gasteiger partial charge < -0.3 is 14.2 Å². The lowest BCUT2D eigenvalue weighted by molar-refractivity contribution is 0.279. The number of thiol groups is 1. The molecule has 19 heavy (non-hydrogen) atoms. The number of benzene rings is 1. The van der Waals surface area contributed by atoms with Gasteiger partial charge >= 0.3 is 0 Å². The molecular formula is C12H11N3O3S. The van der Waals surface area contributed by atoms with Gasteiger partial charge in [0.25, 0.3) is 6.26 Å². The van der Waals surface area contributed by atoms with Crippen LogP contribution in [0.5, 0.6) is 17.4 Å². The quantitative estimate of drug-likeness (QED) is 0.669. The number of nitrogens with zero attached hydrogens (tertiary/aromatic N) is 3. The number of nitriles is 1.